The lowest BCUT2D eigenvalue weighted by Crippen LogP contribution is -2.48. The molecule has 166 valence electrons. The maximum absolute atomic E-state index is 12.9. The standard InChI is InChI=1S/C20H23N3O7S/c1-13-11-22(12-14(2)30-13)31(27,28)17-7-4-15(5-8-17)20(24)21-18-10-16(23(25)26)6-9-19(18)29-3/h4-10,13-14H,11-12H2,1-3H3,(H,21,24). The highest BCUT2D eigenvalue weighted by Gasteiger charge is 2.32. The molecule has 1 fully saturated rings. The Labute approximate surface area is 180 Å². The molecular weight excluding hydrogens is 426 g/mol. The summed E-state index contributed by atoms with van der Waals surface area (Å²) in [6.07, 6.45) is -0.429. The number of ether oxygens (including phenoxy) is 2. The van der Waals surface area contributed by atoms with Crippen molar-refractivity contribution in [3.8, 4) is 5.75 Å². The molecule has 0 aromatic heterocycles. The Bertz CT molecular complexity index is 1080. The number of benzene rings is 2. The van der Waals surface area contributed by atoms with Crippen LogP contribution >= 0.6 is 0 Å². The first-order valence-electron chi connectivity index (χ1n) is 9.51. The van der Waals surface area contributed by atoms with E-state index < -0.39 is 20.9 Å². The maximum atomic E-state index is 12.9. The van der Waals surface area contributed by atoms with E-state index in [0.717, 1.165) is 0 Å². The molecule has 1 amide bonds. The average Bonchev–Trinajstić information content (AvgIpc) is 2.73. The van der Waals surface area contributed by atoms with Crippen molar-refractivity contribution < 1.29 is 27.6 Å². The summed E-state index contributed by atoms with van der Waals surface area (Å²) < 4.78 is 37.9. The molecule has 11 heteroatoms. The second-order valence-electron chi connectivity index (χ2n) is 7.20. The number of nitro benzene ring substituents is 1. The topological polar surface area (TPSA) is 128 Å². The number of sulfonamides is 1. The average molecular weight is 449 g/mol. The third-order valence-electron chi connectivity index (χ3n) is 4.78. The highest BCUT2D eigenvalue weighted by atomic mass is 32.2. The number of amides is 1. The van der Waals surface area contributed by atoms with Gasteiger partial charge in [0.05, 0.1) is 34.8 Å². The van der Waals surface area contributed by atoms with Crippen molar-refractivity contribution in [3.05, 3.63) is 58.1 Å². The van der Waals surface area contributed by atoms with E-state index >= 15 is 0 Å². The summed E-state index contributed by atoms with van der Waals surface area (Å²) in [4.78, 5) is 23.1. The van der Waals surface area contributed by atoms with Gasteiger partial charge in [-0.1, -0.05) is 0 Å². The number of anilines is 1. The minimum Gasteiger partial charge on any atom is -0.495 e. The van der Waals surface area contributed by atoms with Crippen molar-refractivity contribution in [1.82, 2.24) is 4.31 Å². The van der Waals surface area contributed by atoms with Gasteiger partial charge in [-0.25, -0.2) is 8.42 Å². The maximum Gasteiger partial charge on any atom is 0.271 e. The highest BCUT2D eigenvalue weighted by Crippen LogP contribution is 2.29. The fourth-order valence-electron chi connectivity index (χ4n) is 3.36. The summed E-state index contributed by atoms with van der Waals surface area (Å²) in [6.45, 7) is 4.13. The number of nitro groups is 1. The molecule has 0 spiro atoms. The Hall–Kier alpha value is -3.02. The lowest BCUT2D eigenvalue weighted by atomic mass is 10.2. The number of rotatable bonds is 6. The second kappa shape index (κ2) is 9.00. The summed E-state index contributed by atoms with van der Waals surface area (Å²) in [6, 6.07) is 9.34. The van der Waals surface area contributed by atoms with Crippen LogP contribution in [0.4, 0.5) is 11.4 Å². The molecule has 1 aliphatic heterocycles. The molecule has 1 heterocycles. The van der Waals surface area contributed by atoms with Crippen molar-refractivity contribution in [1.29, 1.82) is 0 Å². The monoisotopic (exact) mass is 449 g/mol. The molecule has 0 saturated carbocycles. The van der Waals surface area contributed by atoms with Crippen LogP contribution in [-0.2, 0) is 14.8 Å². The van der Waals surface area contributed by atoms with Crippen LogP contribution in [0.25, 0.3) is 0 Å². The van der Waals surface area contributed by atoms with Crippen molar-refractivity contribution in [2.45, 2.75) is 31.0 Å². The number of hydrogen-bond donors (Lipinski definition) is 1. The Morgan fingerprint density at radius 2 is 1.77 bits per heavy atom. The van der Waals surface area contributed by atoms with Gasteiger partial charge in [0.2, 0.25) is 10.0 Å². The fraction of sp³-hybridized carbons (Fsp3) is 0.350. The largest absolute Gasteiger partial charge is 0.495 e. The Kier molecular flexibility index (Phi) is 6.58. The number of methoxy groups -OCH3 is 1. The Balaban J connectivity index is 1.79. The van der Waals surface area contributed by atoms with E-state index in [0.29, 0.717) is 0 Å². The molecule has 2 atom stereocenters. The van der Waals surface area contributed by atoms with Gasteiger partial charge in [-0.15, -0.1) is 0 Å². The first kappa shape index (κ1) is 22.7. The Morgan fingerprint density at radius 3 is 2.32 bits per heavy atom. The van der Waals surface area contributed by atoms with Crippen molar-refractivity contribution >= 4 is 27.3 Å². The van der Waals surface area contributed by atoms with Gasteiger partial charge in [-0.2, -0.15) is 4.31 Å². The van der Waals surface area contributed by atoms with E-state index in [-0.39, 0.29) is 52.9 Å². The van der Waals surface area contributed by atoms with Gasteiger partial charge in [0.25, 0.3) is 11.6 Å². The second-order valence-corrected chi connectivity index (χ2v) is 9.14. The molecule has 1 N–H and O–H groups in total. The number of carbonyl (C=O) groups excluding carboxylic acids is 1. The van der Waals surface area contributed by atoms with Gasteiger partial charge in [-0.3, -0.25) is 14.9 Å². The molecule has 0 aliphatic carbocycles. The third kappa shape index (κ3) is 5.01. The fourth-order valence-corrected chi connectivity index (χ4v) is 4.95. The van der Waals surface area contributed by atoms with Crippen LogP contribution in [0.2, 0.25) is 0 Å². The minimum absolute atomic E-state index is 0.0679. The lowest BCUT2D eigenvalue weighted by Gasteiger charge is -2.34. The molecule has 3 rings (SSSR count). The molecule has 1 saturated heterocycles. The highest BCUT2D eigenvalue weighted by molar-refractivity contribution is 7.89. The number of nitrogens with one attached hydrogen (secondary N) is 1. The number of non-ortho nitro benzene ring substituents is 1. The predicted octanol–water partition coefficient (Wildman–Crippen LogP) is 2.65. The van der Waals surface area contributed by atoms with Crippen molar-refractivity contribution in [2.24, 2.45) is 0 Å². The molecule has 1 aliphatic rings. The Morgan fingerprint density at radius 1 is 1.16 bits per heavy atom. The van der Waals surface area contributed by atoms with E-state index in [4.69, 9.17) is 9.47 Å². The molecule has 2 unspecified atom stereocenters. The first-order valence-corrected chi connectivity index (χ1v) is 10.9. The molecule has 2 aromatic carbocycles. The number of nitrogens with zero attached hydrogens (tertiary/aromatic N) is 2. The SMILES string of the molecule is COc1ccc([N+](=O)[O-])cc1NC(=O)c1ccc(S(=O)(=O)N2CC(C)OC(C)C2)cc1. The van der Waals surface area contributed by atoms with Crippen molar-refractivity contribution in [3.63, 3.8) is 0 Å². The van der Waals surface area contributed by atoms with E-state index in [1.54, 1.807) is 0 Å². The van der Waals surface area contributed by atoms with E-state index in [1.807, 2.05) is 13.8 Å². The number of carbonyl (C=O) groups is 1. The van der Waals surface area contributed by atoms with Gasteiger partial charge >= 0.3 is 0 Å². The molecule has 0 radical (unpaired) electrons. The predicted molar refractivity (Wildman–Crippen MR) is 113 cm³/mol. The number of morpholine rings is 1. The summed E-state index contributed by atoms with van der Waals surface area (Å²) in [5.74, 6) is -0.301. The van der Waals surface area contributed by atoms with E-state index in [9.17, 15) is 23.3 Å². The minimum atomic E-state index is -3.73. The van der Waals surface area contributed by atoms with Crippen LogP contribution in [0, 0.1) is 10.1 Å². The van der Waals surface area contributed by atoms with E-state index in [2.05, 4.69) is 5.32 Å². The van der Waals surface area contributed by atoms with Crippen LogP contribution < -0.4 is 10.1 Å². The summed E-state index contributed by atoms with van der Waals surface area (Å²) in [7, 11) is -2.35. The molecule has 10 nitrogen and oxygen atoms in total. The van der Waals surface area contributed by atoms with Crippen LogP contribution in [0.1, 0.15) is 24.2 Å². The van der Waals surface area contributed by atoms with Gasteiger partial charge in [0, 0.05) is 30.8 Å². The molecule has 0 bridgehead atoms. The molecule has 2 aromatic rings. The first-order chi connectivity index (χ1) is 14.6. The number of hydrogen-bond acceptors (Lipinski definition) is 7. The van der Waals surface area contributed by atoms with Gasteiger partial charge in [0.15, 0.2) is 0 Å². The summed E-state index contributed by atoms with van der Waals surface area (Å²) >= 11 is 0. The summed E-state index contributed by atoms with van der Waals surface area (Å²) in [5.41, 5.74) is 0.123. The zero-order valence-electron chi connectivity index (χ0n) is 17.3. The van der Waals surface area contributed by atoms with Gasteiger partial charge in [-0.05, 0) is 44.2 Å². The summed E-state index contributed by atoms with van der Waals surface area (Å²) in [5, 5.41) is 13.6. The van der Waals surface area contributed by atoms with Crippen LogP contribution in [0.15, 0.2) is 47.4 Å². The third-order valence-corrected chi connectivity index (χ3v) is 6.63. The zero-order valence-corrected chi connectivity index (χ0v) is 18.1. The van der Waals surface area contributed by atoms with Crippen molar-refractivity contribution in [2.75, 3.05) is 25.5 Å². The lowest BCUT2D eigenvalue weighted by molar-refractivity contribution is -0.384. The van der Waals surface area contributed by atoms with Crippen LogP contribution in [0.3, 0.4) is 0 Å². The normalized spacial score (nSPS) is 19.6. The van der Waals surface area contributed by atoms with E-state index in [1.165, 1.54) is 53.9 Å². The van der Waals surface area contributed by atoms with Crippen LogP contribution in [-0.4, -0.2) is 56.0 Å². The molecular formula is C20H23N3O7S. The van der Waals surface area contributed by atoms with Gasteiger partial charge < -0.3 is 14.8 Å². The molecule has 31 heavy (non-hydrogen) atoms. The van der Waals surface area contributed by atoms with Gasteiger partial charge in [0.1, 0.15) is 5.75 Å². The zero-order chi connectivity index (χ0) is 22.8. The quantitative estimate of drug-likeness (QED) is 0.530. The smallest absolute Gasteiger partial charge is 0.271 e. The van der Waals surface area contributed by atoms with Crippen LogP contribution in [0.5, 0.6) is 5.75 Å².